The van der Waals surface area contributed by atoms with Gasteiger partial charge in [0.15, 0.2) is 0 Å². The first-order valence-corrected chi connectivity index (χ1v) is 13.2. The van der Waals surface area contributed by atoms with Crippen molar-refractivity contribution >= 4 is 29.0 Å². The molecular weight excluding hydrogens is 484 g/mol. The van der Waals surface area contributed by atoms with Crippen molar-refractivity contribution in [2.24, 2.45) is 4.99 Å². The van der Waals surface area contributed by atoms with Gasteiger partial charge in [-0.05, 0) is 50.5 Å². The molecule has 0 bridgehead atoms. The number of nitrogens with one attached hydrogen (secondary N) is 2. The van der Waals surface area contributed by atoms with Gasteiger partial charge in [-0.25, -0.2) is 4.99 Å². The fourth-order valence-electron chi connectivity index (χ4n) is 4.93. The summed E-state index contributed by atoms with van der Waals surface area (Å²) >= 11 is 0. The molecule has 3 aliphatic rings. The molecular formula is C28H34N6O4. The summed E-state index contributed by atoms with van der Waals surface area (Å²) in [5.41, 5.74) is 3.27. The van der Waals surface area contributed by atoms with E-state index in [9.17, 15) is 9.59 Å². The average Bonchev–Trinajstić information content (AvgIpc) is 3.59. The molecule has 0 saturated carbocycles. The molecule has 1 aromatic carbocycles. The summed E-state index contributed by atoms with van der Waals surface area (Å²) in [5.74, 6) is 0.581. The first-order valence-electron chi connectivity index (χ1n) is 13.2. The minimum atomic E-state index is -0.356. The van der Waals surface area contributed by atoms with Crippen molar-refractivity contribution in [1.29, 1.82) is 0 Å². The number of fused-ring (bicyclic) bond motifs is 1. The molecule has 2 amide bonds. The molecule has 0 spiro atoms. The summed E-state index contributed by atoms with van der Waals surface area (Å²) in [6.45, 7) is 8.60. The summed E-state index contributed by atoms with van der Waals surface area (Å²) < 4.78 is 11.5. The number of pyridine rings is 1. The van der Waals surface area contributed by atoms with E-state index in [1.165, 1.54) is 0 Å². The number of benzene rings is 1. The zero-order valence-electron chi connectivity index (χ0n) is 21.9. The van der Waals surface area contributed by atoms with Crippen LogP contribution in [0.4, 0.5) is 11.4 Å². The highest BCUT2D eigenvalue weighted by molar-refractivity contribution is 6.11. The van der Waals surface area contributed by atoms with Crippen LogP contribution in [0.2, 0.25) is 0 Å². The Labute approximate surface area is 222 Å². The maximum atomic E-state index is 13.2. The predicted octanol–water partition coefficient (Wildman–Crippen LogP) is 2.97. The van der Waals surface area contributed by atoms with E-state index < -0.39 is 0 Å². The van der Waals surface area contributed by atoms with Crippen LogP contribution in [0.15, 0.2) is 53.4 Å². The maximum Gasteiger partial charge on any atom is 0.274 e. The van der Waals surface area contributed by atoms with Gasteiger partial charge in [-0.2, -0.15) is 0 Å². The third kappa shape index (κ3) is 5.71. The molecule has 0 aliphatic carbocycles. The average molecular weight is 519 g/mol. The lowest BCUT2D eigenvalue weighted by Gasteiger charge is -2.30. The van der Waals surface area contributed by atoms with Gasteiger partial charge in [-0.1, -0.05) is 12.1 Å². The number of amides is 2. The Bertz CT molecular complexity index is 1250. The number of amidine groups is 1. The number of carbonyl (C=O) groups is 2. The van der Waals surface area contributed by atoms with Crippen LogP contribution in [0.5, 0.6) is 5.75 Å². The van der Waals surface area contributed by atoms with Crippen LogP contribution >= 0.6 is 0 Å². The van der Waals surface area contributed by atoms with Crippen LogP contribution in [0.3, 0.4) is 0 Å². The number of aliphatic imine (C=N–C) groups is 1. The molecule has 4 heterocycles. The Morgan fingerprint density at radius 2 is 2.16 bits per heavy atom. The molecule has 1 atom stereocenters. The number of ether oxygens (including phenoxy) is 2. The fourth-order valence-corrected chi connectivity index (χ4v) is 4.93. The van der Waals surface area contributed by atoms with Gasteiger partial charge >= 0.3 is 0 Å². The van der Waals surface area contributed by atoms with E-state index in [2.05, 4.69) is 25.5 Å². The molecule has 1 aromatic heterocycles. The first kappa shape index (κ1) is 25.9. The van der Waals surface area contributed by atoms with Crippen LogP contribution < -0.4 is 20.3 Å². The Kier molecular flexibility index (Phi) is 8.00. The lowest BCUT2D eigenvalue weighted by Crippen LogP contribution is -2.43. The summed E-state index contributed by atoms with van der Waals surface area (Å²) in [7, 11) is 0. The summed E-state index contributed by atoms with van der Waals surface area (Å²) in [6, 6.07) is 7.48. The molecule has 10 heteroatoms. The largest absolute Gasteiger partial charge is 0.491 e. The number of nitrogens with zero attached hydrogens (tertiary/aromatic N) is 4. The molecule has 2 N–H and O–H groups in total. The topological polar surface area (TPSA) is 108 Å². The molecule has 38 heavy (non-hydrogen) atoms. The monoisotopic (exact) mass is 518 g/mol. The number of aromatic nitrogens is 1. The number of hydrogen-bond acceptors (Lipinski definition) is 8. The molecule has 3 aliphatic heterocycles. The van der Waals surface area contributed by atoms with Crippen molar-refractivity contribution in [1.82, 2.24) is 15.2 Å². The standard InChI is InChI=1S/C28H34N6O4/c1-3-24(27(35)32-25-16-30-9-8-26(25)33-12-10-29-11-13-33)31-19(2)34-17-20-6-7-21(15-23(20)28(34)36)38-18-22-5-4-14-37-22/h3,6-9,15-16,22,29H,4-5,10-14,17-18H2,1-2H3,(H,32,35)/b24-3-,31-19+. The third-order valence-electron chi connectivity index (χ3n) is 7.03. The molecule has 2 fully saturated rings. The first-order chi connectivity index (χ1) is 18.5. The fraction of sp³-hybridized carbons (Fsp3) is 0.429. The van der Waals surface area contributed by atoms with Crippen molar-refractivity contribution in [3.8, 4) is 5.75 Å². The van der Waals surface area contributed by atoms with Crippen LogP contribution in [0.1, 0.15) is 42.6 Å². The smallest absolute Gasteiger partial charge is 0.274 e. The van der Waals surface area contributed by atoms with Crippen LogP contribution in [-0.2, 0) is 16.1 Å². The highest BCUT2D eigenvalue weighted by Gasteiger charge is 2.30. The van der Waals surface area contributed by atoms with E-state index in [1.807, 2.05) is 18.2 Å². The van der Waals surface area contributed by atoms with Gasteiger partial charge in [-0.3, -0.25) is 19.5 Å². The lowest BCUT2D eigenvalue weighted by atomic mass is 10.1. The van der Waals surface area contributed by atoms with E-state index in [1.54, 1.807) is 43.3 Å². The van der Waals surface area contributed by atoms with E-state index in [0.29, 0.717) is 36.0 Å². The minimum absolute atomic E-state index is 0.106. The van der Waals surface area contributed by atoms with E-state index in [4.69, 9.17) is 9.47 Å². The van der Waals surface area contributed by atoms with Gasteiger partial charge in [0, 0.05) is 44.5 Å². The lowest BCUT2D eigenvalue weighted by molar-refractivity contribution is -0.112. The second-order valence-corrected chi connectivity index (χ2v) is 9.57. The molecule has 1 unspecified atom stereocenters. The van der Waals surface area contributed by atoms with Gasteiger partial charge in [0.05, 0.1) is 30.2 Å². The van der Waals surface area contributed by atoms with Crippen molar-refractivity contribution in [2.45, 2.75) is 39.3 Å². The van der Waals surface area contributed by atoms with Crippen molar-refractivity contribution < 1.29 is 19.1 Å². The van der Waals surface area contributed by atoms with E-state index in [0.717, 1.165) is 56.9 Å². The number of allylic oxidation sites excluding steroid dienone is 1. The van der Waals surface area contributed by atoms with E-state index in [-0.39, 0.29) is 23.6 Å². The highest BCUT2D eigenvalue weighted by Crippen LogP contribution is 2.29. The molecule has 5 rings (SSSR count). The number of piperazine rings is 1. The van der Waals surface area contributed by atoms with Crippen molar-refractivity contribution in [3.63, 3.8) is 0 Å². The summed E-state index contributed by atoms with van der Waals surface area (Å²) in [5, 5.41) is 6.29. The van der Waals surface area contributed by atoms with Crippen molar-refractivity contribution in [3.05, 3.63) is 59.6 Å². The Balaban J connectivity index is 1.26. The SMILES string of the molecule is C/C=C(\N=C(/C)N1Cc2ccc(OCC3CCCO3)cc2C1=O)C(=O)Nc1cnccc1N1CCNCC1. The number of anilines is 2. The normalized spacial score (nSPS) is 20.1. The second-order valence-electron chi connectivity index (χ2n) is 9.57. The maximum absolute atomic E-state index is 13.2. The number of rotatable bonds is 7. The highest BCUT2D eigenvalue weighted by atomic mass is 16.5. The quantitative estimate of drug-likeness (QED) is 0.330. The van der Waals surface area contributed by atoms with Gasteiger partial charge < -0.3 is 25.0 Å². The summed E-state index contributed by atoms with van der Waals surface area (Å²) in [4.78, 5) is 38.9. The van der Waals surface area contributed by atoms with E-state index >= 15 is 0 Å². The molecule has 2 aromatic rings. The Morgan fingerprint density at radius 3 is 2.92 bits per heavy atom. The molecule has 200 valence electrons. The zero-order valence-corrected chi connectivity index (χ0v) is 21.9. The molecule has 0 radical (unpaired) electrons. The number of hydrogen-bond donors (Lipinski definition) is 2. The molecule has 2 saturated heterocycles. The minimum Gasteiger partial charge on any atom is -0.491 e. The summed E-state index contributed by atoms with van der Waals surface area (Å²) in [6.07, 6.45) is 7.17. The number of carbonyl (C=O) groups excluding carboxylic acids is 2. The van der Waals surface area contributed by atoms with Gasteiger partial charge in [-0.15, -0.1) is 0 Å². The zero-order chi connectivity index (χ0) is 26.5. The van der Waals surface area contributed by atoms with Gasteiger partial charge in [0.2, 0.25) is 0 Å². The van der Waals surface area contributed by atoms with Gasteiger partial charge in [0.25, 0.3) is 11.8 Å². The van der Waals surface area contributed by atoms with Crippen LogP contribution in [0.25, 0.3) is 0 Å². The Hall–Kier alpha value is -3.76. The van der Waals surface area contributed by atoms with Crippen LogP contribution in [-0.4, -0.2) is 73.0 Å². The predicted molar refractivity (Wildman–Crippen MR) is 146 cm³/mol. The Morgan fingerprint density at radius 1 is 1.32 bits per heavy atom. The van der Waals surface area contributed by atoms with Crippen molar-refractivity contribution in [2.75, 3.05) is 49.6 Å². The van der Waals surface area contributed by atoms with Gasteiger partial charge in [0.1, 0.15) is 23.9 Å². The third-order valence-corrected chi connectivity index (χ3v) is 7.03. The molecule has 10 nitrogen and oxygen atoms in total. The van der Waals surface area contributed by atoms with Crippen LogP contribution in [0, 0.1) is 0 Å². The second kappa shape index (κ2) is 11.7.